The maximum atomic E-state index is 12.6. The molecule has 0 heterocycles. The lowest BCUT2D eigenvalue weighted by molar-refractivity contribution is 0.102. The van der Waals surface area contributed by atoms with Gasteiger partial charge in [-0.1, -0.05) is 32.0 Å². The number of aryl methyl sites for hydroxylation is 1. The topological polar surface area (TPSA) is 86.7 Å². The Balaban J connectivity index is 2.39. The Kier molecular flexibility index (Phi) is 5.81. The number of carbonyl (C=O) groups is 1. The van der Waals surface area contributed by atoms with E-state index >= 15 is 0 Å². The number of para-hydroxylation sites is 2. The summed E-state index contributed by atoms with van der Waals surface area (Å²) < 4.78 is 26.6. The minimum atomic E-state index is -3.65. The zero-order valence-corrected chi connectivity index (χ0v) is 15.3. The van der Waals surface area contributed by atoms with Gasteiger partial charge in [0.05, 0.1) is 10.6 Å². The average molecular weight is 362 g/mol. The van der Waals surface area contributed by atoms with Gasteiger partial charge in [-0.2, -0.15) is 4.31 Å². The van der Waals surface area contributed by atoms with Gasteiger partial charge in [0, 0.05) is 18.7 Å². The van der Waals surface area contributed by atoms with Crippen LogP contribution < -0.4 is 5.32 Å². The summed E-state index contributed by atoms with van der Waals surface area (Å²) in [7, 11) is -3.65. The van der Waals surface area contributed by atoms with Crippen LogP contribution in [0.3, 0.4) is 0 Å². The Hall–Kier alpha value is -2.38. The number of phenolic OH excluding ortho intramolecular Hbond substituents is 1. The minimum absolute atomic E-state index is 0.0552. The van der Waals surface area contributed by atoms with Gasteiger partial charge in [-0.15, -0.1) is 0 Å². The number of nitrogens with one attached hydrogen (secondary N) is 1. The first-order valence-corrected chi connectivity index (χ1v) is 9.45. The van der Waals surface area contributed by atoms with E-state index in [2.05, 4.69) is 5.32 Å². The molecule has 0 saturated heterocycles. The molecular weight excluding hydrogens is 340 g/mol. The van der Waals surface area contributed by atoms with Gasteiger partial charge in [0.25, 0.3) is 5.91 Å². The van der Waals surface area contributed by atoms with Crippen molar-refractivity contribution in [1.82, 2.24) is 4.31 Å². The van der Waals surface area contributed by atoms with Crippen LogP contribution in [0, 0.1) is 6.92 Å². The van der Waals surface area contributed by atoms with Crippen LogP contribution in [-0.2, 0) is 10.0 Å². The molecule has 2 aromatic rings. The molecule has 0 aromatic heterocycles. The number of hydrogen-bond donors (Lipinski definition) is 2. The molecule has 0 atom stereocenters. The van der Waals surface area contributed by atoms with Gasteiger partial charge in [0.2, 0.25) is 10.0 Å². The van der Waals surface area contributed by atoms with Crippen molar-refractivity contribution >= 4 is 21.6 Å². The summed E-state index contributed by atoms with van der Waals surface area (Å²) in [6.45, 7) is 5.97. The van der Waals surface area contributed by atoms with Gasteiger partial charge in [-0.25, -0.2) is 8.42 Å². The fraction of sp³-hybridized carbons (Fsp3) is 0.278. The number of carbonyl (C=O) groups excluding carboxylic acids is 1. The van der Waals surface area contributed by atoms with Crippen molar-refractivity contribution in [1.29, 1.82) is 0 Å². The Morgan fingerprint density at radius 3 is 2.36 bits per heavy atom. The molecule has 0 unspecified atom stereocenters. The van der Waals surface area contributed by atoms with Crippen LogP contribution in [-0.4, -0.2) is 36.8 Å². The molecule has 0 aliphatic heterocycles. The van der Waals surface area contributed by atoms with Gasteiger partial charge >= 0.3 is 0 Å². The summed E-state index contributed by atoms with van der Waals surface area (Å²) in [5.74, 6) is -0.531. The van der Waals surface area contributed by atoms with Crippen LogP contribution in [0.15, 0.2) is 47.4 Å². The predicted molar refractivity (Wildman–Crippen MR) is 97.3 cm³/mol. The molecule has 134 valence electrons. The fourth-order valence-corrected chi connectivity index (χ4v) is 3.97. The zero-order chi connectivity index (χ0) is 18.6. The largest absolute Gasteiger partial charge is 0.506 e. The lowest BCUT2D eigenvalue weighted by Crippen LogP contribution is -2.30. The van der Waals surface area contributed by atoms with Crippen molar-refractivity contribution in [2.45, 2.75) is 25.7 Å². The molecule has 1 amide bonds. The Morgan fingerprint density at radius 2 is 1.76 bits per heavy atom. The Morgan fingerprint density at radius 1 is 1.12 bits per heavy atom. The van der Waals surface area contributed by atoms with Gasteiger partial charge in [0.15, 0.2) is 0 Å². The summed E-state index contributed by atoms with van der Waals surface area (Å²) in [5, 5.41) is 12.4. The quantitative estimate of drug-likeness (QED) is 0.774. The number of phenols is 1. The van der Waals surface area contributed by atoms with Crippen molar-refractivity contribution in [3.8, 4) is 5.75 Å². The number of rotatable bonds is 6. The van der Waals surface area contributed by atoms with E-state index in [1.165, 1.54) is 22.5 Å². The van der Waals surface area contributed by atoms with Crippen LogP contribution in [0.25, 0.3) is 0 Å². The minimum Gasteiger partial charge on any atom is -0.506 e. The van der Waals surface area contributed by atoms with Crippen LogP contribution in [0.1, 0.15) is 29.8 Å². The van der Waals surface area contributed by atoms with Gasteiger partial charge in [-0.3, -0.25) is 4.79 Å². The first-order chi connectivity index (χ1) is 11.8. The Labute approximate surface area is 148 Å². The molecule has 2 N–H and O–H groups in total. The van der Waals surface area contributed by atoms with Gasteiger partial charge < -0.3 is 10.4 Å². The van der Waals surface area contributed by atoms with Gasteiger partial charge in [-0.05, 0) is 36.8 Å². The second-order valence-corrected chi connectivity index (χ2v) is 7.48. The SMILES string of the molecule is CCN(CC)S(=O)(=O)c1ccc(C)c(C(=O)Nc2ccccc2O)c1. The number of sulfonamides is 1. The molecule has 0 bridgehead atoms. The van der Waals surface area contributed by atoms with E-state index in [-0.39, 0.29) is 21.9 Å². The number of anilines is 1. The number of nitrogens with zero attached hydrogens (tertiary/aromatic N) is 1. The third-order valence-corrected chi connectivity index (χ3v) is 5.99. The number of aromatic hydroxyl groups is 1. The fourth-order valence-electron chi connectivity index (χ4n) is 2.49. The maximum Gasteiger partial charge on any atom is 0.256 e. The third kappa shape index (κ3) is 4.00. The molecule has 2 rings (SSSR count). The molecule has 0 spiro atoms. The molecule has 0 aliphatic carbocycles. The van der Waals surface area contributed by atoms with E-state index in [0.717, 1.165) is 0 Å². The smallest absolute Gasteiger partial charge is 0.256 e. The molecule has 0 fully saturated rings. The highest BCUT2D eigenvalue weighted by Crippen LogP contribution is 2.24. The van der Waals surface area contributed by atoms with E-state index in [4.69, 9.17) is 0 Å². The molecule has 0 saturated carbocycles. The van der Waals surface area contributed by atoms with Crippen molar-refractivity contribution < 1.29 is 18.3 Å². The molecule has 2 aromatic carbocycles. The van der Waals surface area contributed by atoms with Crippen molar-refractivity contribution in [2.24, 2.45) is 0 Å². The van der Waals surface area contributed by atoms with Crippen LogP contribution >= 0.6 is 0 Å². The van der Waals surface area contributed by atoms with E-state index < -0.39 is 15.9 Å². The monoisotopic (exact) mass is 362 g/mol. The lowest BCUT2D eigenvalue weighted by atomic mass is 10.1. The number of amides is 1. The normalized spacial score (nSPS) is 11.5. The molecule has 7 heteroatoms. The second kappa shape index (κ2) is 7.67. The third-order valence-electron chi connectivity index (χ3n) is 3.95. The average Bonchev–Trinajstić information content (AvgIpc) is 2.58. The summed E-state index contributed by atoms with van der Waals surface area (Å²) in [6, 6.07) is 10.8. The maximum absolute atomic E-state index is 12.6. The van der Waals surface area contributed by atoms with E-state index in [1.807, 2.05) is 0 Å². The van der Waals surface area contributed by atoms with Crippen molar-refractivity contribution in [3.63, 3.8) is 0 Å². The first kappa shape index (κ1) is 19.0. The number of hydrogen-bond acceptors (Lipinski definition) is 4. The van der Waals surface area contributed by atoms with E-state index in [1.54, 1.807) is 45.0 Å². The molecular formula is C18H22N2O4S. The highest BCUT2D eigenvalue weighted by molar-refractivity contribution is 7.89. The Bertz CT molecular complexity index is 874. The highest BCUT2D eigenvalue weighted by atomic mass is 32.2. The van der Waals surface area contributed by atoms with Crippen LogP contribution in [0.4, 0.5) is 5.69 Å². The van der Waals surface area contributed by atoms with E-state index in [0.29, 0.717) is 18.7 Å². The summed E-state index contributed by atoms with van der Waals surface area (Å²) in [4.78, 5) is 12.6. The van der Waals surface area contributed by atoms with Crippen LogP contribution in [0.2, 0.25) is 0 Å². The van der Waals surface area contributed by atoms with Crippen LogP contribution in [0.5, 0.6) is 5.75 Å². The summed E-state index contributed by atoms with van der Waals surface area (Å²) in [6.07, 6.45) is 0. The van der Waals surface area contributed by atoms with Gasteiger partial charge in [0.1, 0.15) is 5.75 Å². The molecule has 0 radical (unpaired) electrons. The van der Waals surface area contributed by atoms with E-state index in [9.17, 15) is 18.3 Å². The number of benzene rings is 2. The summed E-state index contributed by atoms with van der Waals surface area (Å²) >= 11 is 0. The second-order valence-electron chi connectivity index (χ2n) is 5.54. The lowest BCUT2D eigenvalue weighted by Gasteiger charge is -2.19. The standard InChI is InChI=1S/C18H22N2O4S/c1-4-20(5-2)25(23,24)14-11-10-13(3)15(12-14)18(22)19-16-8-6-7-9-17(16)21/h6-12,21H,4-5H2,1-3H3,(H,19,22). The molecule has 6 nitrogen and oxygen atoms in total. The molecule has 25 heavy (non-hydrogen) atoms. The summed E-state index contributed by atoms with van der Waals surface area (Å²) in [5.41, 5.74) is 1.16. The van der Waals surface area contributed by atoms with Crippen molar-refractivity contribution in [2.75, 3.05) is 18.4 Å². The first-order valence-electron chi connectivity index (χ1n) is 8.01. The predicted octanol–water partition coefficient (Wildman–Crippen LogP) is 2.98. The van der Waals surface area contributed by atoms with Crippen molar-refractivity contribution in [3.05, 3.63) is 53.6 Å². The molecule has 0 aliphatic rings. The highest BCUT2D eigenvalue weighted by Gasteiger charge is 2.23. The zero-order valence-electron chi connectivity index (χ0n) is 14.5.